The lowest BCUT2D eigenvalue weighted by Crippen LogP contribution is -2.61. The standard InChI is InChI=1S/C59H42BN3/c1-41-37-55-59-56(38-41)63(48-27-15-6-16-28-48)57-40-54(61(46-23-11-4-12-24-46)47-25-13-5-14-26-47)50-29-17-18-30-51(50)58(57)60(59)52-39-45(43-21-9-3-10-22-43)33-36-53(52)62(55)49-34-31-44(32-35-49)42-19-7-2-8-20-42/h2-40H,1H3. The minimum atomic E-state index is -0.0649. The zero-order valence-corrected chi connectivity index (χ0v) is 34.9. The summed E-state index contributed by atoms with van der Waals surface area (Å²) in [7, 11) is 0. The molecule has 0 spiro atoms. The molecule has 2 aliphatic rings. The molecule has 0 bridgehead atoms. The van der Waals surface area contributed by atoms with Crippen LogP contribution >= 0.6 is 0 Å². The quantitative estimate of drug-likeness (QED) is 0.149. The molecule has 0 unspecified atom stereocenters. The first-order chi connectivity index (χ1) is 31.2. The predicted octanol–water partition coefficient (Wildman–Crippen LogP) is 14.0. The summed E-state index contributed by atoms with van der Waals surface area (Å²) in [6, 6.07) is 86.6. The minimum Gasteiger partial charge on any atom is -0.311 e. The zero-order chi connectivity index (χ0) is 41.9. The second kappa shape index (κ2) is 15.1. The summed E-state index contributed by atoms with van der Waals surface area (Å²) in [5.41, 5.74) is 20.3. The van der Waals surface area contributed by atoms with Crippen molar-refractivity contribution in [3.63, 3.8) is 0 Å². The van der Waals surface area contributed by atoms with Crippen LogP contribution in [0.25, 0.3) is 33.0 Å². The average Bonchev–Trinajstić information content (AvgIpc) is 3.35. The normalized spacial score (nSPS) is 12.4. The summed E-state index contributed by atoms with van der Waals surface area (Å²) >= 11 is 0. The van der Waals surface area contributed by atoms with Crippen LogP contribution in [-0.4, -0.2) is 6.71 Å². The zero-order valence-electron chi connectivity index (χ0n) is 34.9. The van der Waals surface area contributed by atoms with Crippen molar-refractivity contribution in [1.82, 2.24) is 0 Å². The number of nitrogens with zero attached hydrogens (tertiary/aromatic N) is 3. The van der Waals surface area contributed by atoms with Crippen LogP contribution in [0.1, 0.15) is 5.56 Å². The Bertz CT molecular complexity index is 3240. The number of hydrogen-bond acceptors (Lipinski definition) is 3. The lowest BCUT2D eigenvalue weighted by atomic mass is 9.32. The highest BCUT2D eigenvalue weighted by Gasteiger charge is 2.45. The maximum absolute atomic E-state index is 2.53. The summed E-state index contributed by atoms with van der Waals surface area (Å²) in [6.45, 7) is 2.18. The van der Waals surface area contributed by atoms with Gasteiger partial charge in [-0.2, -0.15) is 0 Å². The van der Waals surface area contributed by atoms with Crippen LogP contribution < -0.4 is 31.1 Å². The third-order valence-corrected chi connectivity index (χ3v) is 12.8. The van der Waals surface area contributed by atoms with Crippen LogP contribution in [0, 0.1) is 6.92 Å². The van der Waals surface area contributed by atoms with Crippen LogP contribution in [0.2, 0.25) is 0 Å². The number of fused-ring (bicyclic) bond motifs is 6. The van der Waals surface area contributed by atoms with Crippen molar-refractivity contribution in [2.75, 3.05) is 14.7 Å². The molecule has 2 aliphatic heterocycles. The van der Waals surface area contributed by atoms with Crippen LogP contribution in [0.5, 0.6) is 0 Å². The molecule has 296 valence electrons. The number of benzene rings is 10. The Hall–Kier alpha value is -8.08. The van der Waals surface area contributed by atoms with Gasteiger partial charge in [-0.1, -0.05) is 164 Å². The van der Waals surface area contributed by atoms with E-state index in [0.717, 1.165) is 28.4 Å². The number of anilines is 9. The van der Waals surface area contributed by atoms with Crippen molar-refractivity contribution >= 4 is 85.1 Å². The summed E-state index contributed by atoms with van der Waals surface area (Å²) in [5, 5.41) is 2.44. The SMILES string of the molecule is Cc1cc2c3c(c1)N(c1ccccc1)c1cc(N(c4ccccc4)c4ccccc4)c4ccccc4c1B3c1cc(-c3ccccc3)ccc1N2c1ccc(-c2ccccc2)cc1. The largest absolute Gasteiger partial charge is 0.311 e. The summed E-state index contributed by atoms with van der Waals surface area (Å²) in [6.07, 6.45) is 0. The molecular weight excluding hydrogens is 761 g/mol. The van der Waals surface area contributed by atoms with E-state index in [1.54, 1.807) is 0 Å². The van der Waals surface area contributed by atoms with Gasteiger partial charge >= 0.3 is 0 Å². The maximum atomic E-state index is 2.53. The molecule has 0 atom stereocenters. The van der Waals surface area contributed by atoms with Crippen LogP contribution in [0.3, 0.4) is 0 Å². The first kappa shape index (κ1) is 36.7. The molecule has 0 saturated heterocycles. The van der Waals surface area contributed by atoms with Gasteiger partial charge in [0, 0.05) is 50.9 Å². The molecular formula is C59H42BN3. The Morgan fingerprint density at radius 1 is 0.349 bits per heavy atom. The van der Waals surface area contributed by atoms with E-state index in [1.165, 1.54) is 77.7 Å². The average molecular weight is 804 g/mol. The van der Waals surface area contributed by atoms with Gasteiger partial charge < -0.3 is 14.7 Å². The Morgan fingerprint density at radius 2 is 0.794 bits per heavy atom. The molecule has 4 heteroatoms. The van der Waals surface area contributed by atoms with E-state index >= 15 is 0 Å². The highest BCUT2D eigenvalue weighted by molar-refractivity contribution is 7.01. The summed E-state index contributed by atoms with van der Waals surface area (Å²) in [4.78, 5) is 7.47. The van der Waals surface area contributed by atoms with Gasteiger partial charge in [0.1, 0.15) is 0 Å². The Morgan fingerprint density at radius 3 is 1.40 bits per heavy atom. The lowest BCUT2D eigenvalue weighted by molar-refractivity contribution is 1.23. The highest BCUT2D eigenvalue weighted by Crippen LogP contribution is 2.49. The van der Waals surface area contributed by atoms with Crippen molar-refractivity contribution in [2.24, 2.45) is 0 Å². The lowest BCUT2D eigenvalue weighted by Gasteiger charge is -2.45. The third-order valence-electron chi connectivity index (χ3n) is 12.8. The highest BCUT2D eigenvalue weighted by atomic mass is 15.2. The van der Waals surface area contributed by atoms with Crippen molar-refractivity contribution in [3.05, 3.63) is 242 Å². The van der Waals surface area contributed by atoms with Gasteiger partial charge in [-0.05, 0) is 129 Å². The number of rotatable bonds is 7. The van der Waals surface area contributed by atoms with Gasteiger partial charge in [0.25, 0.3) is 6.71 Å². The third kappa shape index (κ3) is 6.14. The molecule has 12 rings (SSSR count). The van der Waals surface area contributed by atoms with Gasteiger partial charge in [0.15, 0.2) is 0 Å². The van der Waals surface area contributed by atoms with Gasteiger partial charge in [0.05, 0.1) is 5.69 Å². The molecule has 0 aromatic heterocycles. The van der Waals surface area contributed by atoms with Gasteiger partial charge in [-0.3, -0.25) is 0 Å². The second-order valence-corrected chi connectivity index (χ2v) is 16.6. The predicted molar refractivity (Wildman–Crippen MR) is 268 cm³/mol. The van der Waals surface area contributed by atoms with E-state index in [0.29, 0.717) is 0 Å². The second-order valence-electron chi connectivity index (χ2n) is 16.6. The number of aryl methyl sites for hydroxylation is 1. The van der Waals surface area contributed by atoms with Crippen molar-refractivity contribution in [3.8, 4) is 22.3 Å². The van der Waals surface area contributed by atoms with Crippen LogP contribution in [-0.2, 0) is 0 Å². The van der Waals surface area contributed by atoms with E-state index < -0.39 is 0 Å². The van der Waals surface area contributed by atoms with Gasteiger partial charge in [0.2, 0.25) is 0 Å². The molecule has 0 amide bonds. The monoisotopic (exact) mass is 803 g/mol. The fraction of sp³-hybridized carbons (Fsp3) is 0.0169. The Balaban J connectivity index is 1.18. The van der Waals surface area contributed by atoms with E-state index in [9.17, 15) is 0 Å². The fourth-order valence-corrected chi connectivity index (χ4v) is 10.1. The minimum absolute atomic E-state index is 0.0649. The molecule has 63 heavy (non-hydrogen) atoms. The molecule has 0 radical (unpaired) electrons. The Labute approximate surface area is 369 Å². The van der Waals surface area contributed by atoms with Crippen LogP contribution in [0.4, 0.5) is 51.2 Å². The van der Waals surface area contributed by atoms with E-state index in [4.69, 9.17) is 0 Å². The number of para-hydroxylation sites is 3. The molecule has 10 aromatic rings. The van der Waals surface area contributed by atoms with E-state index in [2.05, 4.69) is 258 Å². The molecule has 10 aromatic carbocycles. The molecule has 2 heterocycles. The molecule has 0 saturated carbocycles. The first-order valence-corrected chi connectivity index (χ1v) is 21.8. The molecule has 0 fully saturated rings. The van der Waals surface area contributed by atoms with Gasteiger partial charge in [-0.25, -0.2) is 0 Å². The fourth-order valence-electron chi connectivity index (χ4n) is 10.1. The van der Waals surface area contributed by atoms with Crippen molar-refractivity contribution < 1.29 is 0 Å². The topological polar surface area (TPSA) is 9.72 Å². The van der Waals surface area contributed by atoms with Gasteiger partial charge in [-0.15, -0.1) is 0 Å². The Kier molecular flexibility index (Phi) is 8.82. The van der Waals surface area contributed by atoms with Crippen molar-refractivity contribution in [1.29, 1.82) is 0 Å². The summed E-state index contributed by atoms with van der Waals surface area (Å²) in [5.74, 6) is 0. The molecule has 0 aliphatic carbocycles. The maximum Gasteiger partial charge on any atom is 0.252 e. The van der Waals surface area contributed by atoms with E-state index in [1.807, 2.05) is 0 Å². The summed E-state index contributed by atoms with van der Waals surface area (Å²) < 4.78 is 0. The molecule has 0 N–H and O–H groups in total. The smallest absolute Gasteiger partial charge is 0.252 e. The molecule has 3 nitrogen and oxygen atoms in total. The van der Waals surface area contributed by atoms with Crippen molar-refractivity contribution in [2.45, 2.75) is 6.92 Å². The van der Waals surface area contributed by atoms with E-state index in [-0.39, 0.29) is 6.71 Å². The van der Waals surface area contributed by atoms with Crippen LogP contribution in [0.15, 0.2) is 237 Å². The first-order valence-electron chi connectivity index (χ1n) is 21.8. The number of hydrogen-bond donors (Lipinski definition) is 0.